The van der Waals surface area contributed by atoms with Gasteiger partial charge in [-0.05, 0) is 24.1 Å². The molecular weight excluding hydrogens is 192 g/mol. The number of methoxy groups -OCH3 is 1. The second kappa shape index (κ2) is 5.32. The van der Waals surface area contributed by atoms with Crippen molar-refractivity contribution in [3.63, 3.8) is 0 Å². The number of carboxylic acid groups (broad SMARTS) is 1. The van der Waals surface area contributed by atoms with E-state index < -0.39 is 12.1 Å². The topological polar surface area (TPSA) is 46.5 Å². The maximum atomic E-state index is 10.7. The van der Waals surface area contributed by atoms with Crippen molar-refractivity contribution in [3.05, 3.63) is 42.0 Å². The van der Waals surface area contributed by atoms with Gasteiger partial charge in [0.15, 0.2) is 6.10 Å². The van der Waals surface area contributed by atoms with Gasteiger partial charge in [-0.25, -0.2) is 4.79 Å². The Morgan fingerprint density at radius 2 is 2.00 bits per heavy atom. The number of ether oxygens (including phenoxy) is 1. The molecule has 1 atom stereocenters. The zero-order chi connectivity index (χ0) is 11.3. The number of hydrogen-bond acceptors (Lipinski definition) is 2. The minimum absolute atomic E-state index is 0.884. The van der Waals surface area contributed by atoms with E-state index in [0.717, 1.165) is 11.1 Å². The summed E-state index contributed by atoms with van der Waals surface area (Å²) in [6.45, 7) is 1.87. The average molecular weight is 206 g/mol. The van der Waals surface area contributed by atoms with Gasteiger partial charge < -0.3 is 9.84 Å². The Morgan fingerprint density at radius 3 is 2.47 bits per heavy atom. The first-order valence-corrected chi connectivity index (χ1v) is 4.64. The van der Waals surface area contributed by atoms with Crippen molar-refractivity contribution in [2.75, 3.05) is 7.11 Å². The molecule has 0 saturated carbocycles. The summed E-state index contributed by atoms with van der Waals surface area (Å²) < 4.78 is 4.83. The van der Waals surface area contributed by atoms with Crippen LogP contribution in [0.2, 0.25) is 0 Å². The van der Waals surface area contributed by atoms with Crippen molar-refractivity contribution >= 4 is 11.5 Å². The maximum absolute atomic E-state index is 10.7. The Bertz CT molecular complexity index is 354. The fourth-order valence-corrected chi connectivity index (χ4v) is 1.26. The van der Waals surface area contributed by atoms with E-state index in [9.17, 15) is 4.79 Å². The monoisotopic (exact) mass is 206 g/mol. The van der Waals surface area contributed by atoms with Crippen LogP contribution < -0.4 is 0 Å². The standard InChI is InChI=1S/C12H14O3/c1-9(8-11(15-2)12(13)14)10-6-4-3-5-7-10/h3-8,11H,1-2H3,(H,13,14)/t11-/m0/s1. The molecule has 1 rings (SSSR count). The van der Waals surface area contributed by atoms with E-state index in [2.05, 4.69) is 0 Å². The fraction of sp³-hybridized carbons (Fsp3) is 0.250. The second-order valence-corrected chi connectivity index (χ2v) is 3.21. The Morgan fingerprint density at radius 1 is 1.40 bits per heavy atom. The zero-order valence-corrected chi connectivity index (χ0v) is 8.81. The van der Waals surface area contributed by atoms with Gasteiger partial charge in [-0.2, -0.15) is 0 Å². The predicted octanol–water partition coefficient (Wildman–Crippen LogP) is 2.19. The third kappa shape index (κ3) is 3.22. The van der Waals surface area contributed by atoms with E-state index in [4.69, 9.17) is 9.84 Å². The quantitative estimate of drug-likeness (QED) is 0.821. The number of benzene rings is 1. The van der Waals surface area contributed by atoms with Gasteiger partial charge >= 0.3 is 5.97 Å². The van der Waals surface area contributed by atoms with Crippen LogP contribution in [0.15, 0.2) is 36.4 Å². The van der Waals surface area contributed by atoms with Crippen molar-refractivity contribution in [3.8, 4) is 0 Å². The van der Waals surface area contributed by atoms with Gasteiger partial charge in [0.05, 0.1) is 0 Å². The third-order valence-corrected chi connectivity index (χ3v) is 2.13. The fourth-order valence-electron chi connectivity index (χ4n) is 1.26. The van der Waals surface area contributed by atoms with Crippen LogP contribution in [0.4, 0.5) is 0 Å². The first kappa shape index (κ1) is 11.5. The van der Waals surface area contributed by atoms with E-state index in [0.29, 0.717) is 0 Å². The normalized spacial score (nSPS) is 13.6. The molecule has 0 fully saturated rings. The van der Waals surface area contributed by atoms with Gasteiger partial charge in [0.25, 0.3) is 0 Å². The number of aliphatic carboxylic acids is 1. The number of carboxylic acids is 1. The summed E-state index contributed by atoms with van der Waals surface area (Å²) in [5.41, 5.74) is 1.89. The summed E-state index contributed by atoms with van der Waals surface area (Å²) in [6.07, 6.45) is 0.711. The van der Waals surface area contributed by atoms with Crippen LogP contribution in [0.25, 0.3) is 5.57 Å². The molecule has 1 aromatic carbocycles. The predicted molar refractivity (Wildman–Crippen MR) is 58.5 cm³/mol. The van der Waals surface area contributed by atoms with Gasteiger partial charge in [0, 0.05) is 7.11 Å². The van der Waals surface area contributed by atoms with Crippen molar-refractivity contribution < 1.29 is 14.6 Å². The highest BCUT2D eigenvalue weighted by molar-refractivity contribution is 5.78. The Kier molecular flexibility index (Phi) is 4.06. The van der Waals surface area contributed by atoms with Crippen LogP contribution in [0.5, 0.6) is 0 Å². The van der Waals surface area contributed by atoms with Crippen molar-refractivity contribution in [2.45, 2.75) is 13.0 Å². The Hall–Kier alpha value is -1.61. The minimum atomic E-state index is -0.979. The van der Waals surface area contributed by atoms with E-state index in [1.54, 1.807) is 6.08 Å². The summed E-state index contributed by atoms with van der Waals surface area (Å²) in [4.78, 5) is 10.7. The molecule has 3 heteroatoms. The summed E-state index contributed by atoms with van der Waals surface area (Å²) in [6, 6.07) is 9.60. The zero-order valence-electron chi connectivity index (χ0n) is 8.81. The average Bonchev–Trinajstić information content (AvgIpc) is 2.26. The molecule has 0 aromatic heterocycles. The van der Waals surface area contributed by atoms with Crippen LogP contribution in [0.1, 0.15) is 12.5 Å². The van der Waals surface area contributed by atoms with Crippen LogP contribution in [-0.2, 0) is 9.53 Å². The third-order valence-electron chi connectivity index (χ3n) is 2.13. The van der Waals surface area contributed by atoms with Crippen molar-refractivity contribution in [1.82, 2.24) is 0 Å². The molecule has 0 aliphatic carbocycles. The van der Waals surface area contributed by atoms with Crippen molar-refractivity contribution in [2.24, 2.45) is 0 Å². The molecule has 1 N–H and O–H groups in total. The summed E-state index contributed by atoms with van der Waals surface area (Å²) >= 11 is 0. The summed E-state index contributed by atoms with van der Waals surface area (Å²) in [5, 5.41) is 8.80. The smallest absolute Gasteiger partial charge is 0.336 e. The van der Waals surface area contributed by atoms with E-state index in [-0.39, 0.29) is 0 Å². The molecular formula is C12H14O3. The summed E-state index contributed by atoms with van der Waals surface area (Å²) in [5.74, 6) is -0.979. The van der Waals surface area contributed by atoms with E-state index in [1.165, 1.54) is 7.11 Å². The lowest BCUT2D eigenvalue weighted by Gasteiger charge is -2.07. The largest absolute Gasteiger partial charge is 0.479 e. The molecule has 0 heterocycles. The molecule has 0 saturated heterocycles. The molecule has 3 nitrogen and oxygen atoms in total. The number of allylic oxidation sites excluding steroid dienone is 1. The van der Waals surface area contributed by atoms with Crippen LogP contribution in [-0.4, -0.2) is 24.3 Å². The molecule has 0 aliphatic rings. The molecule has 0 amide bonds. The molecule has 1 aromatic rings. The van der Waals surface area contributed by atoms with Crippen LogP contribution in [0, 0.1) is 0 Å². The van der Waals surface area contributed by atoms with Gasteiger partial charge in [0.2, 0.25) is 0 Å². The molecule has 0 bridgehead atoms. The molecule has 0 spiro atoms. The SMILES string of the molecule is CO[C@@H](C=C(C)c1ccccc1)C(=O)O. The number of rotatable bonds is 4. The first-order valence-electron chi connectivity index (χ1n) is 4.64. The van der Waals surface area contributed by atoms with Crippen LogP contribution in [0.3, 0.4) is 0 Å². The number of carbonyl (C=O) groups is 1. The lowest BCUT2D eigenvalue weighted by molar-refractivity contribution is -0.145. The molecule has 80 valence electrons. The van der Waals surface area contributed by atoms with Crippen LogP contribution >= 0.6 is 0 Å². The Labute approximate surface area is 89.0 Å². The molecule has 0 radical (unpaired) electrons. The lowest BCUT2D eigenvalue weighted by atomic mass is 10.1. The van der Waals surface area contributed by atoms with Gasteiger partial charge in [-0.1, -0.05) is 30.3 Å². The molecule has 15 heavy (non-hydrogen) atoms. The van der Waals surface area contributed by atoms with E-state index >= 15 is 0 Å². The first-order chi connectivity index (χ1) is 7.15. The maximum Gasteiger partial charge on any atom is 0.336 e. The van der Waals surface area contributed by atoms with E-state index in [1.807, 2.05) is 37.3 Å². The molecule has 0 aliphatic heterocycles. The second-order valence-electron chi connectivity index (χ2n) is 3.21. The highest BCUT2D eigenvalue weighted by Gasteiger charge is 2.13. The Balaban J connectivity index is 2.88. The highest BCUT2D eigenvalue weighted by atomic mass is 16.5. The van der Waals surface area contributed by atoms with Gasteiger partial charge in [0.1, 0.15) is 0 Å². The van der Waals surface area contributed by atoms with Gasteiger partial charge in [-0.15, -0.1) is 0 Å². The summed E-state index contributed by atoms with van der Waals surface area (Å²) in [7, 11) is 1.38. The van der Waals surface area contributed by atoms with Crippen molar-refractivity contribution in [1.29, 1.82) is 0 Å². The van der Waals surface area contributed by atoms with Gasteiger partial charge in [-0.3, -0.25) is 0 Å². The molecule has 0 unspecified atom stereocenters. The minimum Gasteiger partial charge on any atom is -0.479 e. The highest BCUT2D eigenvalue weighted by Crippen LogP contribution is 2.14. The lowest BCUT2D eigenvalue weighted by Crippen LogP contribution is -2.19. The number of hydrogen-bond donors (Lipinski definition) is 1.